The molecule has 0 saturated carbocycles. The topological polar surface area (TPSA) is 0 Å². The van der Waals surface area contributed by atoms with Gasteiger partial charge in [-0.25, -0.2) is 0 Å². The minimum Gasteiger partial charge on any atom is -0.163 e. The van der Waals surface area contributed by atoms with Gasteiger partial charge in [-0.3, -0.25) is 0 Å². The quantitative estimate of drug-likeness (QED) is 0.734. The molecule has 18 heavy (non-hydrogen) atoms. The molecule has 2 rings (SSSR count). The van der Waals surface area contributed by atoms with E-state index in [0.29, 0.717) is 0 Å². The maximum Gasteiger partial charge on any atom is 0.0626 e. The smallest absolute Gasteiger partial charge is 0.0626 e. The van der Waals surface area contributed by atoms with E-state index in [1.807, 2.05) is 0 Å². The molecular weight excluding hydrogens is 236 g/mol. The van der Waals surface area contributed by atoms with Crippen LogP contribution in [0, 0.1) is 6.92 Å². The number of hydrogen-bond acceptors (Lipinski definition) is 1. The minimum absolute atomic E-state index is 0.177. The van der Waals surface area contributed by atoms with Gasteiger partial charge in [-0.1, -0.05) is 73.5 Å². The molecule has 0 aliphatic rings. The second-order valence-electron chi connectivity index (χ2n) is 4.84. The zero-order chi connectivity index (χ0) is 13.0. The Morgan fingerprint density at radius 3 is 2.00 bits per heavy atom. The maximum absolute atomic E-state index is 5.01. The van der Waals surface area contributed by atoms with Gasteiger partial charge in [-0.15, -0.1) is 0 Å². The van der Waals surface area contributed by atoms with Gasteiger partial charge < -0.3 is 0 Å². The molecule has 0 aliphatic carbocycles. The predicted octanol–water partition coefficient (Wildman–Crippen LogP) is 4.97. The molecule has 0 fully saturated rings. The number of thiol groups is 1. The van der Waals surface area contributed by atoms with Gasteiger partial charge >= 0.3 is 0 Å². The summed E-state index contributed by atoms with van der Waals surface area (Å²) >= 11 is 5.01. The molecular formula is C17H20S. The van der Waals surface area contributed by atoms with Crippen LogP contribution in [0.4, 0.5) is 0 Å². The lowest BCUT2D eigenvalue weighted by molar-refractivity contribution is 0.650. The van der Waals surface area contributed by atoms with Crippen LogP contribution in [-0.2, 0) is 4.75 Å². The van der Waals surface area contributed by atoms with Gasteiger partial charge in [0.15, 0.2) is 0 Å². The monoisotopic (exact) mass is 256 g/mol. The van der Waals surface area contributed by atoms with Crippen LogP contribution in [0.25, 0.3) is 0 Å². The first kappa shape index (κ1) is 13.2. The third-order valence-corrected chi connectivity index (χ3v) is 4.13. The van der Waals surface area contributed by atoms with Crippen molar-refractivity contribution in [2.24, 2.45) is 0 Å². The first-order chi connectivity index (χ1) is 8.66. The Balaban J connectivity index is 2.47. The third kappa shape index (κ3) is 2.62. The molecule has 94 valence electrons. The zero-order valence-electron chi connectivity index (χ0n) is 11.1. The molecule has 0 unspecified atom stereocenters. The molecule has 0 nitrogen and oxygen atoms in total. The van der Waals surface area contributed by atoms with Crippen LogP contribution in [0.15, 0.2) is 54.6 Å². The van der Waals surface area contributed by atoms with E-state index in [4.69, 9.17) is 12.6 Å². The maximum atomic E-state index is 5.01. The van der Waals surface area contributed by atoms with E-state index in [0.717, 1.165) is 12.8 Å². The molecule has 2 aromatic rings. The van der Waals surface area contributed by atoms with Crippen molar-refractivity contribution in [3.63, 3.8) is 0 Å². The molecule has 0 N–H and O–H groups in total. The number of hydrogen-bond donors (Lipinski definition) is 1. The highest BCUT2D eigenvalue weighted by atomic mass is 32.1. The van der Waals surface area contributed by atoms with E-state index >= 15 is 0 Å². The number of benzene rings is 2. The van der Waals surface area contributed by atoms with E-state index in [-0.39, 0.29) is 4.75 Å². The van der Waals surface area contributed by atoms with E-state index in [1.54, 1.807) is 0 Å². The van der Waals surface area contributed by atoms with Crippen LogP contribution in [0.3, 0.4) is 0 Å². The SMILES string of the molecule is CCC[C@@](S)(c1ccccc1)c1ccc(C)cc1. The molecule has 0 saturated heterocycles. The van der Waals surface area contributed by atoms with Crippen molar-refractivity contribution in [3.05, 3.63) is 71.3 Å². The lowest BCUT2D eigenvalue weighted by Crippen LogP contribution is -2.20. The average Bonchev–Trinajstić information content (AvgIpc) is 2.40. The fraction of sp³-hybridized carbons (Fsp3) is 0.294. The van der Waals surface area contributed by atoms with Gasteiger partial charge in [-0.05, 0) is 24.5 Å². The first-order valence-corrected chi connectivity index (χ1v) is 6.96. The number of aryl methyl sites for hydroxylation is 1. The Labute approximate surface area is 115 Å². The molecule has 0 aromatic heterocycles. The molecule has 0 aliphatic heterocycles. The molecule has 0 radical (unpaired) electrons. The van der Waals surface area contributed by atoms with Gasteiger partial charge in [0.1, 0.15) is 0 Å². The Kier molecular flexibility index (Phi) is 4.13. The molecule has 1 atom stereocenters. The summed E-state index contributed by atoms with van der Waals surface area (Å²) < 4.78 is -0.177. The van der Waals surface area contributed by atoms with Crippen molar-refractivity contribution in [1.29, 1.82) is 0 Å². The highest BCUT2D eigenvalue weighted by Crippen LogP contribution is 2.40. The summed E-state index contributed by atoms with van der Waals surface area (Å²) in [6, 6.07) is 19.3. The summed E-state index contributed by atoms with van der Waals surface area (Å²) in [6.45, 7) is 4.33. The van der Waals surface area contributed by atoms with Crippen molar-refractivity contribution in [2.75, 3.05) is 0 Å². The van der Waals surface area contributed by atoms with Crippen LogP contribution in [0.2, 0.25) is 0 Å². The molecule has 0 amide bonds. The second kappa shape index (κ2) is 5.62. The Bertz CT molecular complexity index is 487. The standard InChI is InChI=1S/C17H20S/c1-3-13-17(18,15-7-5-4-6-8-15)16-11-9-14(2)10-12-16/h4-12,18H,3,13H2,1-2H3/t17-/m1/s1. The summed E-state index contributed by atoms with van der Waals surface area (Å²) in [5.74, 6) is 0. The first-order valence-electron chi connectivity index (χ1n) is 6.52. The minimum atomic E-state index is -0.177. The van der Waals surface area contributed by atoms with Crippen molar-refractivity contribution in [3.8, 4) is 0 Å². The van der Waals surface area contributed by atoms with Gasteiger partial charge in [0.05, 0.1) is 4.75 Å². The Morgan fingerprint density at radius 2 is 1.44 bits per heavy atom. The van der Waals surface area contributed by atoms with E-state index in [9.17, 15) is 0 Å². The number of rotatable bonds is 4. The van der Waals surface area contributed by atoms with Gasteiger partial charge in [0.2, 0.25) is 0 Å². The average molecular weight is 256 g/mol. The van der Waals surface area contributed by atoms with Crippen molar-refractivity contribution in [2.45, 2.75) is 31.4 Å². The van der Waals surface area contributed by atoms with Crippen molar-refractivity contribution in [1.82, 2.24) is 0 Å². The summed E-state index contributed by atoms with van der Waals surface area (Å²) in [7, 11) is 0. The van der Waals surface area contributed by atoms with Crippen molar-refractivity contribution >= 4 is 12.6 Å². The molecule has 2 aromatic carbocycles. The lowest BCUT2D eigenvalue weighted by Gasteiger charge is -2.29. The van der Waals surface area contributed by atoms with Crippen LogP contribution in [-0.4, -0.2) is 0 Å². The second-order valence-corrected chi connectivity index (χ2v) is 5.61. The lowest BCUT2D eigenvalue weighted by atomic mass is 9.86. The highest BCUT2D eigenvalue weighted by Gasteiger charge is 2.28. The van der Waals surface area contributed by atoms with Gasteiger partial charge in [-0.2, -0.15) is 12.6 Å². The van der Waals surface area contributed by atoms with Crippen molar-refractivity contribution < 1.29 is 0 Å². The van der Waals surface area contributed by atoms with E-state index < -0.39 is 0 Å². The van der Waals surface area contributed by atoms with Crippen LogP contribution >= 0.6 is 12.6 Å². The summed E-state index contributed by atoms with van der Waals surface area (Å²) in [5.41, 5.74) is 3.85. The highest BCUT2D eigenvalue weighted by molar-refractivity contribution is 7.81. The van der Waals surface area contributed by atoms with E-state index in [1.165, 1.54) is 16.7 Å². The van der Waals surface area contributed by atoms with Crippen LogP contribution in [0.1, 0.15) is 36.5 Å². The van der Waals surface area contributed by atoms with Gasteiger partial charge in [0, 0.05) is 0 Å². The fourth-order valence-electron chi connectivity index (χ4n) is 2.36. The summed E-state index contributed by atoms with van der Waals surface area (Å²) in [6.07, 6.45) is 2.16. The largest absolute Gasteiger partial charge is 0.163 e. The summed E-state index contributed by atoms with van der Waals surface area (Å²) in [5, 5.41) is 0. The molecule has 0 bridgehead atoms. The zero-order valence-corrected chi connectivity index (χ0v) is 12.0. The summed E-state index contributed by atoms with van der Waals surface area (Å²) in [4.78, 5) is 0. The predicted molar refractivity (Wildman–Crippen MR) is 82.3 cm³/mol. The Hall–Kier alpha value is -1.21. The Morgan fingerprint density at radius 1 is 0.889 bits per heavy atom. The van der Waals surface area contributed by atoms with E-state index in [2.05, 4.69) is 68.4 Å². The normalized spacial score (nSPS) is 14.2. The third-order valence-electron chi connectivity index (χ3n) is 3.39. The molecule has 1 heteroatoms. The van der Waals surface area contributed by atoms with Crippen LogP contribution in [0.5, 0.6) is 0 Å². The molecule has 0 spiro atoms. The fourth-order valence-corrected chi connectivity index (χ4v) is 2.88. The van der Waals surface area contributed by atoms with Gasteiger partial charge in [0.25, 0.3) is 0 Å². The van der Waals surface area contributed by atoms with Crippen LogP contribution < -0.4 is 0 Å². The molecule has 0 heterocycles.